The van der Waals surface area contributed by atoms with Crippen LogP contribution in [-0.2, 0) is 13.0 Å². The number of benzene rings is 2. The fourth-order valence-corrected chi connectivity index (χ4v) is 2.21. The molecule has 0 aliphatic carbocycles. The van der Waals surface area contributed by atoms with Crippen LogP contribution < -0.4 is 5.32 Å². The number of phenols is 1. The Kier molecular flexibility index (Phi) is 4.82. The Morgan fingerprint density at radius 1 is 1.00 bits per heavy atom. The maximum atomic E-state index is 9.42. The highest BCUT2D eigenvalue weighted by Crippen LogP contribution is 2.24. The molecule has 0 bridgehead atoms. The summed E-state index contributed by atoms with van der Waals surface area (Å²) in [5, 5.41) is 21.6. The molecular formula is C15H16BrNO2. The van der Waals surface area contributed by atoms with Crippen LogP contribution in [0.2, 0.25) is 0 Å². The molecule has 3 N–H and O–H groups in total. The van der Waals surface area contributed by atoms with Crippen molar-refractivity contribution in [1.29, 1.82) is 0 Å². The number of anilines is 1. The number of aromatic hydroxyl groups is 1. The number of nitrogens with one attached hydrogen (secondary N) is 1. The lowest BCUT2D eigenvalue weighted by atomic mass is 10.1. The second kappa shape index (κ2) is 6.59. The van der Waals surface area contributed by atoms with Gasteiger partial charge in [-0.3, -0.25) is 0 Å². The Hall–Kier alpha value is -1.52. The van der Waals surface area contributed by atoms with E-state index in [1.54, 1.807) is 6.07 Å². The van der Waals surface area contributed by atoms with E-state index in [9.17, 15) is 5.11 Å². The lowest BCUT2D eigenvalue weighted by Gasteiger charge is -2.08. The van der Waals surface area contributed by atoms with Crippen LogP contribution >= 0.6 is 15.9 Å². The minimum atomic E-state index is 0.175. The van der Waals surface area contributed by atoms with Crippen molar-refractivity contribution in [1.82, 2.24) is 0 Å². The molecule has 0 aromatic heterocycles. The molecule has 19 heavy (non-hydrogen) atoms. The van der Waals surface area contributed by atoms with Gasteiger partial charge in [-0.05, 0) is 57.7 Å². The molecule has 2 aromatic rings. The molecular weight excluding hydrogens is 306 g/mol. The number of phenolic OH excluding ortho intramolecular Hbond substituents is 1. The zero-order valence-corrected chi connectivity index (χ0v) is 12.0. The lowest BCUT2D eigenvalue weighted by molar-refractivity contribution is 0.299. The highest BCUT2D eigenvalue weighted by Gasteiger charge is 2.00. The van der Waals surface area contributed by atoms with Crippen molar-refractivity contribution >= 4 is 21.6 Å². The molecule has 0 spiro atoms. The molecule has 0 aliphatic heterocycles. The van der Waals surface area contributed by atoms with Gasteiger partial charge in [-0.15, -0.1) is 0 Å². The summed E-state index contributed by atoms with van der Waals surface area (Å²) in [5.74, 6) is 0.247. The van der Waals surface area contributed by atoms with Gasteiger partial charge in [-0.2, -0.15) is 0 Å². The molecule has 100 valence electrons. The van der Waals surface area contributed by atoms with Crippen LogP contribution in [-0.4, -0.2) is 16.8 Å². The first-order chi connectivity index (χ1) is 9.19. The fraction of sp³-hybridized carbons (Fsp3) is 0.200. The Morgan fingerprint density at radius 2 is 1.68 bits per heavy atom. The normalized spacial score (nSPS) is 10.4. The van der Waals surface area contributed by atoms with Crippen LogP contribution in [0.3, 0.4) is 0 Å². The summed E-state index contributed by atoms with van der Waals surface area (Å²) in [6, 6.07) is 13.5. The molecule has 2 rings (SSSR count). The van der Waals surface area contributed by atoms with Crippen molar-refractivity contribution in [3.05, 3.63) is 58.1 Å². The van der Waals surface area contributed by atoms with Gasteiger partial charge in [0.1, 0.15) is 5.75 Å². The van der Waals surface area contributed by atoms with Crippen molar-refractivity contribution in [2.45, 2.75) is 13.0 Å². The van der Waals surface area contributed by atoms with Crippen LogP contribution in [0, 0.1) is 0 Å². The summed E-state index contributed by atoms with van der Waals surface area (Å²) < 4.78 is 0.699. The summed E-state index contributed by atoms with van der Waals surface area (Å²) >= 11 is 3.30. The second-order valence-electron chi connectivity index (χ2n) is 4.31. The van der Waals surface area contributed by atoms with E-state index in [1.165, 1.54) is 0 Å². The number of hydrogen-bond acceptors (Lipinski definition) is 3. The van der Waals surface area contributed by atoms with Gasteiger partial charge in [0.2, 0.25) is 0 Å². The Labute approximate surface area is 121 Å². The van der Waals surface area contributed by atoms with Crippen LogP contribution in [0.1, 0.15) is 11.1 Å². The van der Waals surface area contributed by atoms with Crippen molar-refractivity contribution in [2.75, 3.05) is 11.9 Å². The van der Waals surface area contributed by atoms with Gasteiger partial charge in [0.05, 0.1) is 4.47 Å². The first kappa shape index (κ1) is 13.9. The Morgan fingerprint density at radius 3 is 2.32 bits per heavy atom. The van der Waals surface area contributed by atoms with Gasteiger partial charge < -0.3 is 15.5 Å². The monoisotopic (exact) mass is 321 g/mol. The third-order valence-corrected chi connectivity index (χ3v) is 3.50. The quantitative estimate of drug-likeness (QED) is 0.792. The molecule has 0 saturated heterocycles. The minimum Gasteiger partial charge on any atom is -0.507 e. The molecule has 0 heterocycles. The lowest BCUT2D eigenvalue weighted by Crippen LogP contribution is -1.99. The zero-order valence-electron chi connectivity index (χ0n) is 10.4. The average molecular weight is 322 g/mol. The highest BCUT2D eigenvalue weighted by atomic mass is 79.9. The molecule has 0 aliphatic rings. The molecule has 0 amide bonds. The summed E-state index contributed by atoms with van der Waals surface area (Å²) in [5.41, 5.74) is 3.25. The van der Waals surface area contributed by atoms with E-state index >= 15 is 0 Å². The van der Waals surface area contributed by atoms with Crippen molar-refractivity contribution in [3.63, 3.8) is 0 Å². The number of aliphatic hydroxyl groups is 1. The van der Waals surface area contributed by atoms with E-state index in [0.717, 1.165) is 16.8 Å². The molecule has 0 saturated carbocycles. The predicted octanol–water partition coefficient (Wildman–Crippen LogP) is 3.30. The zero-order chi connectivity index (χ0) is 13.7. The van der Waals surface area contributed by atoms with Crippen molar-refractivity contribution in [3.8, 4) is 5.75 Å². The Bertz CT molecular complexity index is 540. The van der Waals surface area contributed by atoms with Crippen LogP contribution in [0.25, 0.3) is 0 Å². The molecule has 0 atom stereocenters. The third kappa shape index (κ3) is 3.98. The minimum absolute atomic E-state index is 0.175. The first-order valence-corrected chi connectivity index (χ1v) is 6.89. The van der Waals surface area contributed by atoms with E-state index in [2.05, 4.69) is 21.2 Å². The van der Waals surface area contributed by atoms with Crippen molar-refractivity contribution in [2.24, 2.45) is 0 Å². The van der Waals surface area contributed by atoms with E-state index in [-0.39, 0.29) is 12.4 Å². The Balaban J connectivity index is 1.96. The largest absolute Gasteiger partial charge is 0.507 e. The van der Waals surface area contributed by atoms with Crippen molar-refractivity contribution < 1.29 is 10.2 Å². The number of aliphatic hydroxyl groups excluding tert-OH is 1. The number of hydrogen-bond donors (Lipinski definition) is 3. The van der Waals surface area contributed by atoms with Gasteiger partial charge in [-0.1, -0.05) is 18.2 Å². The SMILES string of the molecule is OCCc1ccc(NCc2ccc(O)c(Br)c2)cc1. The standard InChI is InChI=1S/C15H16BrNO2/c16-14-9-12(3-6-15(14)19)10-17-13-4-1-11(2-5-13)7-8-18/h1-6,9,17-19H,7-8,10H2. The van der Waals surface area contributed by atoms with Gasteiger partial charge in [0.15, 0.2) is 0 Å². The molecule has 3 nitrogen and oxygen atoms in total. The molecule has 0 radical (unpaired) electrons. The summed E-state index contributed by atoms with van der Waals surface area (Å²) in [6.07, 6.45) is 0.686. The van der Waals surface area contributed by atoms with Crippen LogP contribution in [0.15, 0.2) is 46.9 Å². The average Bonchev–Trinajstić information content (AvgIpc) is 2.42. The summed E-state index contributed by atoms with van der Waals surface area (Å²) in [7, 11) is 0. The smallest absolute Gasteiger partial charge is 0.129 e. The van der Waals surface area contributed by atoms with Gasteiger partial charge in [-0.25, -0.2) is 0 Å². The predicted molar refractivity (Wildman–Crippen MR) is 80.4 cm³/mol. The maximum absolute atomic E-state index is 9.42. The highest BCUT2D eigenvalue weighted by molar-refractivity contribution is 9.10. The summed E-state index contributed by atoms with van der Waals surface area (Å²) in [4.78, 5) is 0. The molecule has 4 heteroatoms. The van der Waals surface area contributed by atoms with Crippen LogP contribution in [0.4, 0.5) is 5.69 Å². The number of halogens is 1. The first-order valence-electron chi connectivity index (χ1n) is 6.10. The van der Waals surface area contributed by atoms with Gasteiger partial charge >= 0.3 is 0 Å². The second-order valence-corrected chi connectivity index (χ2v) is 5.16. The van der Waals surface area contributed by atoms with E-state index in [0.29, 0.717) is 17.4 Å². The third-order valence-electron chi connectivity index (χ3n) is 2.86. The van der Waals surface area contributed by atoms with E-state index in [1.807, 2.05) is 36.4 Å². The van der Waals surface area contributed by atoms with Gasteiger partial charge in [0, 0.05) is 18.8 Å². The molecule has 0 fully saturated rings. The molecule has 0 unspecified atom stereocenters. The molecule has 2 aromatic carbocycles. The number of rotatable bonds is 5. The van der Waals surface area contributed by atoms with E-state index in [4.69, 9.17) is 5.11 Å². The van der Waals surface area contributed by atoms with Gasteiger partial charge in [0.25, 0.3) is 0 Å². The topological polar surface area (TPSA) is 52.5 Å². The van der Waals surface area contributed by atoms with E-state index < -0.39 is 0 Å². The fourth-order valence-electron chi connectivity index (χ4n) is 1.78. The summed E-state index contributed by atoms with van der Waals surface area (Å²) in [6.45, 7) is 0.868. The van der Waals surface area contributed by atoms with Crippen LogP contribution in [0.5, 0.6) is 5.75 Å². The maximum Gasteiger partial charge on any atom is 0.129 e.